The Kier molecular flexibility index (Phi) is 5.42. The molecule has 2 amide bonds. The van der Waals surface area contributed by atoms with E-state index in [1.54, 1.807) is 0 Å². The molecular formula is C12H17FN2O2. The summed E-state index contributed by atoms with van der Waals surface area (Å²) in [5, 5.41) is 14.4. The Bertz CT molecular complexity index is 354. The van der Waals surface area contributed by atoms with Crippen molar-refractivity contribution in [2.24, 2.45) is 0 Å². The zero-order valence-corrected chi connectivity index (χ0v) is 9.74. The van der Waals surface area contributed by atoms with E-state index in [2.05, 4.69) is 10.6 Å². The Morgan fingerprint density at radius 1 is 1.41 bits per heavy atom. The molecule has 0 fully saturated rings. The van der Waals surface area contributed by atoms with E-state index in [1.807, 2.05) is 6.92 Å². The molecule has 0 bridgehead atoms. The summed E-state index contributed by atoms with van der Waals surface area (Å²) in [5.74, 6) is -0.345. The number of benzene rings is 1. The summed E-state index contributed by atoms with van der Waals surface area (Å²) < 4.78 is 12.6. The van der Waals surface area contributed by atoms with Crippen molar-refractivity contribution in [1.29, 1.82) is 0 Å². The fourth-order valence-electron chi connectivity index (χ4n) is 1.26. The largest absolute Gasteiger partial charge is 0.393 e. The number of rotatable bonds is 5. The maximum atomic E-state index is 12.6. The summed E-state index contributed by atoms with van der Waals surface area (Å²) in [5.41, 5.74) is 0.528. The Balaban J connectivity index is 2.27. The summed E-state index contributed by atoms with van der Waals surface area (Å²) in [4.78, 5) is 11.4. The topological polar surface area (TPSA) is 61.4 Å². The van der Waals surface area contributed by atoms with Crippen LogP contribution in [0.2, 0.25) is 0 Å². The van der Waals surface area contributed by atoms with Crippen molar-refractivity contribution >= 4 is 11.7 Å². The minimum Gasteiger partial charge on any atom is -0.393 e. The number of hydrogen-bond acceptors (Lipinski definition) is 2. The number of hydrogen-bond donors (Lipinski definition) is 3. The molecule has 17 heavy (non-hydrogen) atoms. The van der Waals surface area contributed by atoms with Gasteiger partial charge < -0.3 is 15.7 Å². The van der Waals surface area contributed by atoms with Crippen molar-refractivity contribution in [2.45, 2.75) is 25.9 Å². The minimum atomic E-state index is -0.388. The van der Waals surface area contributed by atoms with Gasteiger partial charge >= 0.3 is 6.03 Å². The quantitative estimate of drug-likeness (QED) is 0.738. The van der Waals surface area contributed by atoms with Gasteiger partial charge in [0.05, 0.1) is 6.10 Å². The third kappa shape index (κ3) is 5.31. The van der Waals surface area contributed by atoms with Crippen molar-refractivity contribution in [3.8, 4) is 0 Å². The molecule has 0 saturated carbocycles. The minimum absolute atomic E-state index is 0.345. The van der Waals surface area contributed by atoms with Crippen LogP contribution in [0.5, 0.6) is 0 Å². The molecule has 4 nitrogen and oxygen atoms in total. The summed E-state index contributed by atoms with van der Waals surface area (Å²) in [6.07, 6.45) is 0.801. The molecule has 0 radical (unpaired) electrons. The lowest BCUT2D eigenvalue weighted by atomic mass is 10.2. The molecule has 0 aromatic heterocycles. The van der Waals surface area contributed by atoms with Gasteiger partial charge in [-0.1, -0.05) is 6.92 Å². The fourth-order valence-corrected chi connectivity index (χ4v) is 1.26. The Morgan fingerprint density at radius 3 is 2.65 bits per heavy atom. The highest BCUT2D eigenvalue weighted by Crippen LogP contribution is 2.07. The lowest BCUT2D eigenvalue weighted by Gasteiger charge is -2.09. The zero-order valence-electron chi connectivity index (χ0n) is 9.74. The van der Waals surface area contributed by atoms with E-state index in [0.29, 0.717) is 25.1 Å². The molecule has 94 valence electrons. The van der Waals surface area contributed by atoms with E-state index < -0.39 is 0 Å². The van der Waals surface area contributed by atoms with Gasteiger partial charge in [0.15, 0.2) is 0 Å². The lowest BCUT2D eigenvalue weighted by Crippen LogP contribution is -2.31. The molecule has 0 spiro atoms. The molecule has 0 saturated heterocycles. The van der Waals surface area contributed by atoms with Crippen LogP contribution in [0.25, 0.3) is 0 Å². The van der Waals surface area contributed by atoms with Gasteiger partial charge in [0, 0.05) is 12.2 Å². The van der Waals surface area contributed by atoms with Crippen LogP contribution in [0.3, 0.4) is 0 Å². The first-order valence-electron chi connectivity index (χ1n) is 5.60. The standard InChI is InChI=1S/C12H17FN2O2/c1-2-11(16)7-8-14-12(17)15-10-5-3-9(13)4-6-10/h3-6,11,16H,2,7-8H2,1H3,(H2,14,15,17). The molecule has 0 aliphatic carbocycles. The number of urea groups is 1. The summed E-state index contributed by atoms with van der Waals surface area (Å²) in [7, 11) is 0. The molecule has 0 aliphatic heterocycles. The van der Waals surface area contributed by atoms with E-state index >= 15 is 0 Å². The average molecular weight is 240 g/mol. The maximum Gasteiger partial charge on any atom is 0.319 e. The van der Waals surface area contributed by atoms with Crippen LogP contribution in [0, 0.1) is 5.82 Å². The van der Waals surface area contributed by atoms with Crippen molar-refractivity contribution in [1.82, 2.24) is 5.32 Å². The highest BCUT2D eigenvalue weighted by Gasteiger charge is 2.03. The van der Waals surface area contributed by atoms with Crippen LogP contribution >= 0.6 is 0 Å². The lowest BCUT2D eigenvalue weighted by molar-refractivity contribution is 0.160. The third-order valence-electron chi connectivity index (χ3n) is 2.34. The molecule has 1 atom stereocenters. The maximum absolute atomic E-state index is 12.6. The summed E-state index contributed by atoms with van der Waals surface area (Å²) >= 11 is 0. The van der Waals surface area contributed by atoms with E-state index in [1.165, 1.54) is 24.3 Å². The van der Waals surface area contributed by atoms with Crippen LogP contribution in [0.1, 0.15) is 19.8 Å². The molecule has 1 unspecified atom stereocenters. The van der Waals surface area contributed by atoms with Gasteiger partial charge in [-0.3, -0.25) is 0 Å². The van der Waals surface area contributed by atoms with Crippen molar-refractivity contribution in [3.05, 3.63) is 30.1 Å². The second-order valence-electron chi connectivity index (χ2n) is 3.74. The monoisotopic (exact) mass is 240 g/mol. The van der Waals surface area contributed by atoms with E-state index in [0.717, 1.165) is 0 Å². The third-order valence-corrected chi connectivity index (χ3v) is 2.34. The van der Waals surface area contributed by atoms with Crippen LogP contribution in [0.4, 0.5) is 14.9 Å². The average Bonchev–Trinajstić information content (AvgIpc) is 2.32. The van der Waals surface area contributed by atoms with Gasteiger partial charge in [-0.05, 0) is 37.1 Å². The highest BCUT2D eigenvalue weighted by atomic mass is 19.1. The number of amides is 2. The van der Waals surface area contributed by atoms with Gasteiger partial charge in [0.25, 0.3) is 0 Å². The van der Waals surface area contributed by atoms with Gasteiger partial charge in [0.1, 0.15) is 5.82 Å². The molecule has 1 aromatic carbocycles. The number of anilines is 1. The van der Waals surface area contributed by atoms with Crippen molar-refractivity contribution in [3.63, 3.8) is 0 Å². The molecule has 5 heteroatoms. The molecule has 1 aromatic rings. The number of carbonyl (C=O) groups is 1. The number of carbonyl (C=O) groups excluding carboxylic acids is 1. The van der Waals surface area contributed by atoms with E-state index in [4.69, 9.17) is 0 Å². The molecule has 0 heterocycles. The predicted octanol–water partition coefficient (Wildman–Crippen LogP) is 2.11. The number of aliphatic hydroxyl groups is 1. The number of aliphatic hydroxyl groups excluding tert-OH is 1. The van der Waals surface area contributed by atoms with E-state index in [-0.39, 0.29) is 18.0 Å². The molecular weight excluding hydrogens is 223 g/mol. The van der Waals surface area contributed by atoms with Crippen molar-refractivity contribution < 1.29 is 14.3 Å². The smallest absolute Gasteiger partial charge is 0.319 e. The number of nitrogens with one attached hydrogen (secondary N) is 2. The first kappa shape index (κ1) is 13.4. The fraction of sp³-hybridized carbons (Fsp3) is 0.417. The Labute approximate surface area is 99.8 Å². The Hall–Kier alpha value is -1.62. The summed E-state index contributed by atoms with van der Waals surface area (Å²) in [6, 6.07) is 5.15. The van der Waals surface area contributed by atoms with Crippen molar-refractivity contribution in [2.75, 3.05) is 11.9 Å². The second kappa shape index (κ2) is 6.85. The Morgan fingerprint density at radius 2 is 2.06 bits per heavy atom. The van der Waals surface area contributed by atoms with E-state index in [9.17, 15) is 14.3 Å². The van der Waals surface area contributed by atoms with Crippen LogP contribution in [-0.4, -0.2) is 23.8 Å². The first-order valence-corrected chi connectivity index (χ1v) is 5.60. The van der Waals surface area contributed by atoms with Gasteiger partial charge in [-0.2, -0.15) is 0 Å². The molecule has 3 N–H and O–H groups in total. The molecule has 1 rings (SSSR count). The molecule has 0 aliphatic rings. The SMILES string of the molecule is CCC(O)CCNC(=O)Nc1ccc(F)cc1. The normalized spacial score (nSPS) is 11.9. The predicted molar refractivity (Wildman–Crippen MR) is 64.3 cm³/mol. The second-order valence-corrected chi connectivity index (χ2v) is 3.74. The van der Waals surface area contributed by atoms with Gasteiger partial charge in [-0.15, -0.1) is 0 Å². The first-order chi connectivity index (χ1) is 8.11. The van der Waals surface area contributed by atoms with Gasteiger partial charge in [-0.25, -0.2) is 9.18 Å². The highest BCUT2D eigenvalue weighted by molar-refractivity contribution is 5.89. The van der Waals surface area contributed by atoms with Crippen LogP contribution in [0.15, 0.2) is 24.3 Å². The van der Waals surface area contributed by atoms with Crippen LogP contribution < -0.4 is 10.6 Å². The van der Waals surface area contributed by atoms with Gasteiger partial charge in [0.2, 0.25) is 0 Å². The zero-order chi connectivity index (χ0) is 12.7. The number of halogens is 1. The summed E-state index contributed by atoms with van der Waals surface area (Å²) in [6.45, 7) is 2.28. The van der Waals surface area contributed by atoms with Crippen LogP contribution in [-0.2, 0) is 0 Å².